The highest BCUT2D eigenvalue weighted by Crippen LogP contribution is 2.40. The van der Waals surface area contributed by atoms with Crippen molar-refractivity contribution in [3.8, 4) is 0 Å². The second-order valence-corrected chi connectivity index (χ2v) is 9.51. The van der Waals surface area contributed by atoms with Gasteiger partial charge in [0.15, 0.2) is 0 Å². The fourth-order valence-electron chi connectivity index (χ4n) is 5.32. The Labute approximate surface area is 176 Å². The molecular weight excluding hydrogens is 336 g/mol. The molecule has 1 aromatic carbocycles. The molecule has 0 saturated heterocycles. The Balaban J connectivity index is 0.000000233. The number of hydrogen-bond donors (Lipinski definition) is 0. The molecule has 2 aliphatic rings. The number of benzene rings is 1. The van der Waals surface area contributed by atoms with E-state index in [1.165, 1.54) is 102 Å². The second kappa shape index (κ2) is 16.1. The van der Waals surface area contributed by atoms with Crippen LogP contribution in [0.2, 0.25) is 0 Å². The summed E-state index contributed by atoms with van der Waals surface area (Å²) in [7, 11) is 0. The van der Waals surface area contributed by atoms with Gasteiger partial charge in [0.05, 0.1) is 0 Å². The minimum absolute atomic E-state index is 1.16. The lowest BCUT2D eigenvalue weighted by atomic mass is 9.71. The largest absolute Gasteiger partial charge is 0.0654 e. The Kier molecular flexibility index (Phi) is 13.5. The number of aryl methyl sites for hydroxylation is 1. The van der Waals surface area contributed by atoms with Crippen LogP contribution in [0.5, 0.6) is 0 Å². The van der Waals surface area contributed by atoms with Gasteiger partial charge in [0.25, 0.3) is 0 Å². The normalized spacial score (nSPS) is 21.5. The first-order chi connectivity index (χ1) is 13.9. The summed E-state index contributed by atoms with van der Waals surface area (Å²) in [6.45, 7) is 2.28. The van der Waals surface area contributed by atoms with E-state index in [9.17, 15) is 0 Å². The van der Waals surface area contributed by atoms with Gasteiger partial charge in [0.2, 0.25) is 0 Å². The number of fused-ring (bicyclic) bond motifs is 1. The van der Waals surface area contributed by atoms with Crippen molar-refractivity contribution in [2.45, 2.75) is 129 Å². The van der Waals surface area contributed by atoms with E-state index < -0.39 is 0 Å². The maximum absolute atomic E-state index is 2.28. The zero-order valence-electron chi connectivity index (χ0n) is 19.0. The quantitative estimate of drug-likeness (QED) is 0.333. The van der Waals surface area contributed by atoms with Crippen molar-refractivity contribution in [1.29, 1.82) is 0 Å². The van der Waals surface area contributed by atoms with E-state index in [4.69, 9.17) is 0 Å². The van der Waals surface area contributed by atoms with E-state index in [0.717, 1.165) is 11.8 Å². The van der Waals surface area contributed by atoms with Crippen LogP contribution in [0.25, 0.3) is 0 Å². The van der Waals surface area contributed by atoms with Gasteiger partial charge in [-0.2, -0.15) is 0 Å². The van der Waals surface area contributed by atoms with Crippen molar-refractivity contribution in [2.75, 3.05) is 0 Å². The Morgan fingerprint density at radius 1 is 0.571 bits per heavy atom. The molecule has 3 rings (SSSR count). The third-order valence-electron chi connectivity index (χ3n) is 7.13. The average Bonchev–Trinajstić information content (AvgIpc) is 2.76. The monoisotopic (exact) mass is 384 g/mol. The molecule has 160 valence electrons. The van der Waals surface area contributed by atoms with Gasteiger partial charge >= 0.3 is 0 Å². The van der Waals surface area contributed by atoms with Gasteiger partial charge in [-0.15, -0.1) is 0 Å². The molecule has 0 aromatic heterocycles. The summed E-state index contributed by atoms with van der Waals surface area (Å²) in [4.78, 5) is 0. The summed E-state index contributed by atoms with van der Waals surface area (Å²) in [6, 6.07) is 10.9. The summed E-state index contributed by atoms with van der Waals surface area (Å²) >= 11 is 0. The molecule has 0 bridgehead atoms. The number of hydrogen-bond acceptors (Lipinski definition) is 0. The van der Waals surface area contributed by atoms with Gasteiger partial charge < -0.3 is 0 Å². The van der Waals surface area contributed by atoms with Crippen LogP contribution in [0.4, 0.5) is 0 Å². The fourth-order valence-corrected chi connectivity index (χ4v) is 5.32. The molecule has 0 unspecified atom stereocenters. The molecular formula is C28H48. The minimum Gasteiger partial charge on any atom is -0.0654 e. The zero-order chi connectivity index (χ0) is 19.7. The standard InChI is InChI=1S/C18H30.C10H18/c1-2-3-4-5-6-7-8-9-10-12-15-18-16-13-11-14-17-18;1-2-6-10-8-4-3-7-9(10)5-1/h11,13-14,16-17H,2-10,12,15H2,1H3;9-10H,1-8H2. The van der Waals surface area contributed by atoms with E-state index in [-0.39, 0.29) is 0 Å². The van der Waals surface area contributed by atoms with Crippen molar-refractivity contribution in [2.24, 2.45) is 11.8 Å². The molecule has 0 nitrogen and oxygen atoms in total. The Hall–Kier alpha value is -0.780. The summed E-state index contributed by atoms with van der Waals surface area (Å²) in [5.74, 6) is 2.31. The summed E-state index contributed by atoms with van der Waals surface area (Å²) < 4.78 is 0. The van der Waals surface area contributed by atoms with Gasteiger partial charge in [-0.1, -0.05) is 146 Å². The highest BCUT2D eigenvalue weighted by molar-refractivity contribution is 5.14. The van der Waals surface area contributed by atoms with E-state index in [2.05, 4.69) is 37.3 Å². The van der Waals surface area contributed by atoms with E-state index in [0.29, 0.717) is 0 Å². The summed E-state index contributed by atoms with van der Waals surface area (Å²) in [5, 5.41) is 0. The lowest BCUT2D eigenvalue weighted by molar-refractivity contribution is 0.171. The lowest BCUT2D eigenvalue weighted by Gasteiger charge is -2.35. The maximum Gasteiger partial charge on any atom is -0.0279 e. The molecule has 0 radical (unpaired) electrons. The first kappa shape index (κ1) is 23.5. The van der Waals surface area contributed by atoms with Gasteiger partial charge in [-0.25, -0.2) is 0 Å². The van der Waals surface area contributed by atoms with Crippen LogP contribution in [0.3, 0.4) is 0 Å². The van der Waals surface area contributed by atoms with E-state index in [1.54, 1.807) is 25.7 Å². The smallest absolute Gasteiger partial charge is 0.0279 e. The highest BCUT2D eigenvalue weighted by Gasteiger charge is 2.26. The molecule has 2 aliphatic carbocycles. The molecule has 0 amide bonds. The zero-order valence-corrected chi connectivity index (χ0v) is 19.0. The first-order valence-corrected chi connectivity index (χ1v) is 12.9. The average molecular weight is 385 g/mol. The second-order valence-electron chi connectivity index (χ2n) is 9.51. The molecule has 0 atom stereocenters. The summed E-state index contributed by atoms with van der Waals surface area (Å²) in [5.41, 5.74) is 1.50. The van der Waals surface area contributed by atoms with Crippen LogP contribution in [0.15, 0.2) is 30.3 Å². The van der Waals surface area contributed by atoms with Crippen molar-refractivity contribution in [1.82, 2.24) is 0 Å². The van der Waals surface area contributed by atoms with Crippen molar-refractivity contribution < 1.29 is 0 Å². The molecule has 0 heterocycles. The molecule has 0 heteroatoms. The molecule has 0 aliphatic heterocycles. The predicted molar refractivity (Wildman–Crippen MR) is 126 cm³/mol. The first-order valence-electron chi connectivity index (χ1n) is 12.9. The van der Waals surface area contributed by atoms with Crippen LogP contribution >= 0.6 is 0 Å². The van der Waals surface area contributed by atoms with Gasteiger partial charge in [-0.3, -0.25) is 0 Å². The van der Waals surface area contributed by atoms with Gasteiger partial charge in [0, 0.05) is 0 Å². The molecule has 1 aromatic rings. The molecule has 0 spiro atoms. The van der Waals surface area contributed by atoms with Crippen LogP contribution in [-0.4, -0.2) is 0 Å². The maximum atomic E-state index is 2.28. The molecule has 2 fully saturated rings. The SMILES string of the molecule is C1CCC2CCCCC2C1.CCCCCCCCCCCCc1ccccc1. The summed E-state index contributed by atoms with van der Waals surface area (Å²) in [6.07, 6.45) is 27.9. The topological polar surface area (TPSA) is 0 Å². The Morgan fingerprint density at radius 2 is 1.00 bits per heavy atom. The molecule has 28 heavy (non-hydrogen) atoms. The molecule has 0 N–H and O–H groups in total. The Morgan fingerprint density at radius 3 is 1.46 bits per heavy atom. The third-order valence-corrected chi connectivity index (χ3v) is 7.13. The number of unbranched alkanes of at least 4 members (excludes halogenated alkanes) is 9. The van der Waals surface area contributed by atoms with Crippen LogP contribution in [-0.2, 0) is 6.42 Å². The van der Waals surface area contributed by atoms with Crippen molar-refractivity contribution >= 4 is 0 Å². The van der Waals surface area contributed by atoms with E-state index >= 15 is 0 Å². The van der Waals surface area contributed by atoms with E-state index in [1.807, 2.05) is 0 Å². The van der Waals surface area contributed by atoms with Crippen molar-refractivity contribution in [3.05, 3.63) is 35.9 Å². The predicted octanol–water partition coefficient (Wildman–Crippen LogP) is 9.52. The van der Waals surface area contributed by atoms with Crippen LogP contribution in [0, 0.1) is 11.8 Å². The Bertz CT molecular complexity index is 422. The third kappa shape index (κ3) is 10.7. The fraction of sp³-hybridized carbons (Fsp3) is 0.786. The molecule has 2 saturated carbocycles. The number of rotatable bonds is 11. The van der Waals surface area contributed by atoms with Gasteiger partial charge in [-0.05, 0) is 30.2 Å². The lowest BCUT2D eigenvalue weighted by Crippen LogP contribution is -2.22. The highest BCUT2D eigenvalue weighted by atomic mass is 14.3. The minimum atomic E-state index is 1.16. The van der Waals surface area contributed by atoms with Crippen molar-refractivity contribution in [3.63, 3.8) is 0 Å². The van der Waals surface area contributed by atoms with Crippen LogP contribution in [0.1, 0.15) is 128 Å². The van der Waals surface area contributed by atoms with Crippen LogP contribution < -0.4 is 0 Å². The van der Waals surface area contributed by atoms with Gasteiger partial charge in [0.1, 0.15) is 0 Å².